The highest BCUT2D eigenvalue weighted by Gasteiger charge is 2.34. The number of esters is 1. The maximum absolute atomic E-state index is 13.1. The number of ether oxygens (including phenoxy) is 1. The minimum atomic E-state index is -3.11. The van der Waals surface area contributed by atoms with E-state index < -0.39 is 28.3 Å². The van der Waals surface area contributed by atoms with Crippen LogP contribution in [0, 0.1) is 13.8 Å². The molecule has 1 saturated heterocycles. The fourth-order valence-corrected chi connectivity index (χ4v) is 6.16. The van der Waals surface area contributed by atoms with Gasteiger partial charge in [-0.3, -0.25) is 4.79 Å². The van der Waals surface area contributed by atoms with Crippen LogP contribution in [-0.2, 0) is 25.9 Å². The quantitative estimate of drug-likeness (QED) is 0.499. The van der Waals surface area contributed by atoms with E-state index in [2.05, 4.69) is 10.4 Å². The van der Waals surface area contributed by atoms with Crippen LogP contribution < -0.4 is 5.32 Å². The molecule has 1 N–H and O–H groups in total. The van der Waals surface area contributed by atoms with E-state index in [1.807, 2.05) is 31.2 Å². The Balaban J connectivity index is 1.35. The summed E-state index contributed by atoms with van der Waals surface area (Å²) >= 11 is 0. The molecular weight excluding hydrogens is 468 g/mol. The van der Waals surface area contributed by atoms with Gasteiger partial charge >= 0.3 is 5.97 Å². The zero-order valence-corrected chi connectivity index (χ0v) is 20.6. The van der Waals surface area contributed by atoms with E-state index in [9.17, 15) is 18.0 Å². The molecule has 3 heterocycles. The Labute approximate surface area is 203 Å². The maximum atomic E-state index is 13.1. The van der Waals surface area contributed by atoms with Crippen molar-refractivity contribution in [3.05, 3.63) is 58.4 Å². The lowest BCUT2D eigenvalue weighted by Crippen LogP contribution is -2.28. The van der Waals surface area contributed by atoms with Crippen LogP contribution in [-0.4, -0.2) is 53.2 Å². The monoisotopic (exact) mass is 496 g/mol. The summed E-state index contributed by atoms with van der Waals surface area (Å²) in [5.41, 5.74) is 4.26. The van der Waals surface area contributed by atoms with Crippen LogP contribution in [0.4, 0.5) is 0 Å². The number of hydrogen-bond acceptors (Lipinski definition) is 7. The average molecular weight is 497 g/mol. The van der Waals surface area contributed by atoms with Gasteiger partial charge in [-0.05, 0) is 44.7 Å². The first-order valence-electron chi connectivity index (χ1n) is 11.8. The molecule has 0 bridgehead atoms. The van der Waals surface area contributed by atoms with Gasteiger partial charge in [0.2, 0.25) is 0 Å². The summed E-state index contributed by atoms with van der Waals surface area (Å²) in [6.45, 7) is 3.71. The standard InChI is InChI=1S/C25H28N4O5S/c1-15-3-5-17(6-4-15)12-26-22(30)13-34-25(31)20-11-21(18-7-8-18)27-24-23(20)16(2)28-29(24)19-9-10-35(32,33)14-19/h3-6,11,18-19H,7-10,12-14H2,1-2H3,(H,26,30). The van der Waals surface area contributed by atoms with Crippen molar-refractivity contribution in [2.75, 3.05) is 18.1 Å². The van der Waals surface area contributed by atoms with Crippen LogP contribution in [0.15, 0.2) is 30.3 Å². The van der Waals surface area contributed by atoms with Gasteiger partial charge in [0.1, 0.15) is 0 Å². The number of aromatic nitrogens is 3. The summed E-state index contributed by atoms with van der Waals surface area (Å²) < 4.78 is 31.1. The lowest BCUT2D eigenvalue weighted by atomic mass is 10.1. The first kappa shape index (κ1) is 23.5. The predicted molar refractivity (Wildman–Crippen MR) is 130 cm³/mol. The van der Waals surface area contributed by atoms with Gasteiger partial charge in [-0.25, -0.2) is 22.9 Å². The number of carbonyl (C=O) groups is 2. The van der Waals surface area contributed by atoms with Crippen molar-refractivity contribution in [2.45, 2.75) is 51.6 Å². The topological polar surface area (TPSA) is 120 Å². The molecule has 0 radical (unpaired) electrons. The number of nitrogens with zero attached hydrogens (tertiary/aromatic N) is 3. The van der Waals surface area contributed by atoms with Gasteiger partial charge in [0.15, 0.2) is 22.1 Å². The molecule has 35 heavy (non-hydrogen) atoms. The Morgan fingerprint density at radius 2 is 1.89 bits per heavy atom. The Morgan fingerprint density at radius 3 is 2.54 bits per heavy atom. The van der Waals surface area contributed by atoms with E-state index in [4.69, 9.17) is 9.72 Å². The van der Waals surface area contributed by atoms with Gasteiger partial charge < -0.3 is 10.1 Å². The normalized spacial score (nSPS) is 19.1. The third-order valence-corrected chi connectivity index (χ3v) is 8.32. The second-order valence-electron chi connectivity index (χ2n) is 9.49. The molecular formula is C25H28N4O5S. The highest BCUT2D eigenvalue weighted by Crippen LogP contribution is 2.41. The van der Waals surface area contributed by atoms with Crippen LogP contribution in [0.25, 0.3) is 11.0 Å². The summed E-state index contributed by atoms with van der Waals surface area (Å²) in [7, 11) is -3.11. The molecule has 1 unspecified atom stereocenters. The van der Waals surface area contributed by atoms with E-state index >= 15 is 0 Å². The zero-order valence-electron chi connectivity index (χ0n) is 19.8. The van der Waals surface area contributed by atoms with E-state index in [1.54, 1.807) is 17.7 Å². The first-order chi connectivity index (χ1) is 16.7. The van der Waals surface area contributed by atoms with Crippen molar-refractivity contribution < 1.29 is 22.7 Å². The van der Waals surface area contributed by atoms with E-state index in [0.29, 0.717) is 35.3 Å². The summed E-state index contributed by atoms with van der Waals surface area (Å²) in [6.07, 6.45) is 2.44. The molecule has 2 aromatic heterocycles. The minimum Gasteiger partial charge on any atom is -0.452 e. The van der Waals surface area contributed by atoms with Crippen molar-refractivity contribution in [2.24, 2.45) is 0 Å². The molecule has 2 aliphatic rings. The van der Waals surface area contributed by atoms with Crippen molar-refractivity contribution in [1.29, 1.82) is 0 Å². The fraction of sp³-hybridized carbons (Fsp3) is 0.440. The van der Waals surface area contributed by atoms with Gasteiger partial charge in [-0.15, -0.1) is 0 Å². The van der Waals surface area contributed by atoms with Gasteiger partial charge in [0.25, 0.3) is 5.91 Å². The van der Waals surface area contributed by atoms with Gasteiger partial charge in [0, 0.05) is 18.2 Å². The lowest BCUT2D eigenvalue weighted by Gasteiger charge is -2.12. The molecule has 184 valence electrons. The second kappa shape index (κ2) is 9.07. The van der Waals surface area contributed by atoms with Crippen molar-refractivity contribution in [3.63, 3.8) is 0 Å². The number of fused-ring (bicyclic) bond motifs is 1. The summed E-state index contributed by atoms with van der Waals surface area (Å²) in [6, 6.07) is 9.23. The number of sulfone groups is 1. The predicted octanol–water partition coefficient (Wildman–Crippen LogP) is 2.76. The highest BCUT2D eigenvalue weighted by atomic mass is 32.2. The average Bonchev–Trinajstić information content (AvgIpc) is 3.55. The van der Waals surface area contributed by atoms with E-state index in [1.165, 1.54) is 0 Å². The Morgan fingerprint density at radius 1 is 1.14 bits per heavy atom. The maximum Gasteiger partial charge on any atom is 0.339 e. The molecule has 1 aromatic carbocycles. The molecule has 1 atom stereocenters. The van der Waals surface area contributed by atoms with Gasteiger partial charge in [-0.1, -0.05) is 29.8 Å². The van der Waals surface area contributed by atoms with Crippen LogP contribution in [0.5, 0.6) is 0 Å². The van der Waals surface area contributed by atoms with Crippen molar-refractivity contribution in [1.82, 2.24) is 20.1 Å². The number of pyridine rings is 1. The number of nitrogens with one attached hydrogen (secondary N) is 1. The van der Waals surface area contributed by atoms with Crippen molar-refractivity contribution >= 4 is 32.7 Å². The largest absolute Gasteiger partial charge is 0.452 e. The highest BCUT2D eigenvalue weighted by molar-refractivity contribution is 7.91. The number of hydrogen-bond donors (Lipinski definition) is 1. The number of amides is 1. The summed E-state index contributed by atoms with van der Waals surface area (Å²) in [5.74, 6) is -0.617. The molecule has 2 fully saturated rings. The Hall–Kier alpha value is -3.27. The molecule has 5 rings (SSSR count). The molecule has 1 aliphatic heterocycles. The van der Waals surface area contributed by atoms with Crippen LogP contribution in [0.3, 0.4) is 0 Å². The van der Waals surface area contributed by atoms with Gasteiger partial charge in [0.05, 0.1) is 34.2 Å². The molecule has 1 amide bonds. The van der Waals surface area contributed by atoms with Crippen LogP contribution in [0.2, 0.25) is 0 Å². The zero-order chi connectivity index (χ0) is 24.7. The third-order valence-electron chi connectivity index (χ3n) is 6.57. The first-order valence-corrected chi connectivity index (χ1v) is 13.6. The summed E-state index contributed by atoms with van der Waals surface area (Å²) in [4.78, 5) is 30.2. The fourth-order valence-electron chi connectivity index (χ4n) is 4.47. The molecule has 9 nitrogen and oxygen atoms in total. The Bertz CT molecular complexity index is 1410. The number of rotatable bonds is 7. The Kier molecular flexibility index (Phi) is 6.08. The molecule has 10 heteroatoms. The second-order valence-corrected chi connectivity index (χ2v) is 11.7. The molecule has 0 spiro atoms. The minimum absolute atomic E-state index is 0.0134. The SMILES string of the molecule is Cc1ccc(CNC(=O)COC(=O)c2cc(C3CC3)nc3c2c(C)nn3C2CCS(=O)(=O)C2)cc1. The number of carbonyl (C=O) groups excluding carboxylic acids is 2. The number of aryl methyl sites for hydroxylation is 2. The van der Waals surface area contributed by atoms with E-state index in [-0.39, 0.29) is 23.5 Å². The molecule has 1 saturated carbocycles. The van der Waals surface area contributed by atoms with Crippen molar-refractivity contribution in [3.8, 4) is 0 Å². The number of benzene rings is 1. The van der Waals surface area contributed by atoms with E-state index in [0.717, 1.165) is 29.7 Å². The van der Waals surface area contributed by atoms with Gasteiger partial charge in [-0.2, -0.15) is 5.10 Å². The summed E-state index contributed by atoms with van der Waals surface area (Å²) in [5, 5.41) is 7.87. The lowest BCUT2D eigenvalue weighted by molar-refractivity contribution is -0.124. The van der Waals surface area contributed by atoms with Crippen LogP contribution >= 0.6 is 0 Å². The third kappa shape index (κ3) is 5.07. The molecule has 3 aromatic rings. The van der Waals surface area contributed by atoms with Crippen LogP contribution in [0.1, 0.15) is 64.1 Å². The smallest absolute Gasteiger partial charge is 0.339 e. The molecule has 1 aliphatic carbocycles.